The van der Waals surface area contributed by atoms with Crippen LogP contribution in [0.15, 0.2) is 29.2 Å². The SMILES string of the molecule is COCC1(C(=O)NCc2ccccc2S(=O)(=O)NC(C)(C)C)CCNCC1.Cl. The third-order valence-electron chi connectivity index (χ3n) is 4.61. The number of hydrogen-bond donors (Lipinski definition) is 3. The lowest BCUT2D eigenvalue weighted by atomic mass is 9.78. The van der Waals surface area contributed by atoms with E-state index >= 15 is 0 Å². The molecule has 1 saturated heterocycles. The second kappa shape index (κ2) is 10.0. The Morgan fingerprint density at radius 3 is 2.39 bits per heavy atom. The fourth-order valence-electron chi connectivity index (χ4n) is 3.35. The molecule has 9 heteroatoms. The van der Waals surface area contributed by atoms with Crippen LogP contribution < -0.4 is 15.4 Å². The van der Waals surface area contributed by atoms with E-state index in [1.54, 1.807) is 52.1 Å². The first-order chi connectivity index (χ1) is 12.6. The number of carbonyl (C=O) groups is 1. The van der Waals surface area contributed by atoms with Gasteiger partial charge < -0.3 is 15.4 Å². The molecule has 0 bridgehead atoms. The largest absolute Gasteiger partial charge is 0.384 e. The highest BCUT2D eigenvalue weighted by Gasteiger charge is 2.39. The zero-order valence-corrected chi connectivity index (χ0v) is 18.6. The number of carbonyl (C=O) groups excluding carboxylic acids is 1. The van der Waals surface area contributed by atoms with E-state index in [1.807, 2.05) is 0 Å². The average molecular weight is 434 g/mol. The van der Waals surface area contributed by atoms with Crippen LogP contribution in [-0.2, 0) is 26.1 Å². The minimum Gasteiger partial charge on any atom is -0.384 e. The number of amides is 1. The minimum absolute atomic E-state index is 0. The second-order valence-electron chi connectivity index (χ2n) is 8.11. The maximum absolute atomic E-state index is 12.9. The number of methoxy groups -OCH3 is 1. The van der Waals surface area contributed by atoms with E-state index in [0.717, 1.165) is 13.1 Å². The number of sulfonamides is 1. The van der Waals surface area contributed by atoms with Gasteiger partial charge in [0.25, 0.3) is 0 Å². The highest BCUT2D eigenvalue weighted by atomic mass is 35.5. The van der Waals surface area contributed by atoms with Gasteiger partial charge in [0.1, 0.15) is 0 Å². The Morgan fingerprint density at radius 1 is 1.21 bits per heavy atom. The summed E-state index contributed by atoms with van der Waals surface area (Å²) in [5.74, 6) is -0.0955. The molecular formula is C19H32ClN3O4S. The summed E-state index contributed by atoms with van der Waals surface area (Å²) in [6, 6.07) is 6.74. The molecular weight excluding hydrogens is 402 g/mol. The maximum Gasteiger partial charge on any atom is 0.241 e. The Balaban J connectivity index is 0.00000392. The van der Waals surface area contributed by atoms with Gasteiger partial charge in [-0.1, -0.05) is 18.2 Å². The molecule has 160 valence electrons. The van der Waals surface area contributed by atoms with Crippen molar-refractivity contribution >= 4 is 28.3 Å². The molecule has 1 aliphatic rings. The lowest BCUT2D eigenvalue weighted by Gasteiger charge is -2.35. The standard InChI is InChI=1S/C19H31N3O4S.ClH/c1-18(2,3)22-27(24,25)16-8-6-5-7-15(16)13-21-17(23)19(14-26-4)9-11-20-12-10-19;/h5-8,20,22H,9-14H2,1-4H3,(H,21,23);1H. The highest BCUT2D eigenvalue weighted by Crippen LogP contribution is 2.29. The van der Waals surface area contributed by atoms with Gasteiger partial charge >= 0.3 is 0 Å². The van der Waals surface area contributed by atoms with Crippen LogP contribution in [0.25, 0.3) is 0 Å². The van der Waals surface area contributed by atoms with Gasteiger partial charge in [0, 0.05) is 19.2 Å². The number of piperidine rings is 1. The normalized spacial score (nSPS) is 16.9. The number of benzene rings is 1. The summed E-state index contributed by atoms with van der Waals surface area (Å²) >= 11 is 0. The Labute approximate surface area is 174 Å². The van der Waals surface area contributed by atoms with Crippen LogP contribution in [0.2, 0.25) is 0 Å². The zero-order chi connectivity index (χ0) is 20.1. The number of halogens is 1. The van der Waals surface area contributed by atoms with Gasteiger partial charge in [-0.15, -0.1) is 12.4 Å². The van der Waals surface area contributed by atoms with Crippen molar-refractivity contribution in [3.63, 3.8) is 0 Å². The van der Waals surface area contributed by atoms with Crippen molar-refractivity contribution in [2.24, 2.45) is 5.41 Å². The van der Waals surface area contributed by atoms with Crippen molar-refractivity contribution in [1.82, 2.24) is 15.4 Å². The van der Waals surface area contributed by atoms with Crippen LogP contribution in [-0.4, -0.2) is 46.7 Å². The van der Waals surface area contributed by atoms with Gasteiger partial charge in [-0.05, 0) is 58.3 Å². The first kappa shape index (κ1) is 24.8. The molecule has 2 rings (SSSR count). The molecule has 1 fully saturated rings. The van der Waals surface area contributed by atoms with Crippen molar-refractivity contribution in [2.45, 2.75) is 50.6 Å². The van der Waals surface area contributed by atoms with Gasteiger partial charge in [-0.3, -0.25) is 4.79 Å². The average Bonchev–Trinajstić information content (AvgIpc) is 2.59. The van der Waals surface area contributed by atoms with Crippen LogP contribution in [0.3, 0.4) is 0 Å². The smallest absolute Gasteiger partial charge is 0.241 e. The van der Waals surface area contributed by atoms with Gasteiger partial charge in [0.05, 0.1) is 16.9 Å². The minimum atomic E-state index is -3.68. The van der Waals surface area contributed by atoms with Crippen LogP contribution in [0, 0.1) is 5.41 Å². The Morgan fingerprint density at radius 2 is 1.82 bits per heavy atom. The lowest BCUT2D eigenvalue weighted by molar-refractivity contribution is -0.136. The quantitative estimate of drug-likeness (QED) is 0.609. The van der Waals surface area contributed by atoms with E-state index < -0.39 is 21.0 Å². The molecule has 1 heterocycles. The third kappa shape index (κ3) is 6.42. The third-order valence-corrected chi connectivity index (χ3v) is 6.46. The number of nitrogens with one attached hydrogen (secondary N) is 3. The van der Waals surface area contributed by atoms with Gasteiger partial charge in [-0.25, -0.2) is 13.1 Å². The number of hydrogen-bond acceptors (Lipinski definition) is 5. The molecule has 0 saturated carbocycles. The molecule has 1 amide bonds. The van der Waals surface area contributed by atoms with E-state index in [1.165, 1.54) is 0 Å². The summed E-state index contributed by atoms with van der Waals surface area (Å²) < 4.78 is 33.4. The monoisotopic (exact) mass is 433 g/mol. The van der Waals surface area contributed by atoms with Crippen LogP contribution in [0.1, 0.15) is 39.2 Å². The van der Waals surface area contributed by atoms with Crippen LogP contribution in [0.4, 0.5) is 0 Å². The van der Waals surface area contributed by atoms with E-state index in [0.29, 0.717) is 25.0 Å². The summed E-state index contributed by atoms with van der Waals surface area (Å²) in [4.78, 5) is 13.1. The molecule has 7 nitrogen and oxygen atoms in total. The molecule has 0 spiro atoms. The molecule has 28 heavy (non-hydrogen) atoms. The van der Waals surface area contributed by atoms with Crippen molar-refractivity contribution in [3.05, 3.63) is 29.8 Å². The first-order valence-corrected chi connectivity index (χ1v) is 10.7. The second-order valence-corrected chi connectivity index (χ2v) is 9.76. The van der Waals surface area contributed by atoms with Crippen LogP contribution >= 0.6 is 12.4 Å². The van der Waals surface area contributed by atoms with Crippen molar-refractivity contribution in [1.29, 1.82) is 0 Å². The summed E-state index contributed by atoms with van der Waals surface area (Å²) in [5.41, 5.74) is -0.603. The van der Waals surface area contributed by atoms with Crippen molar-refractivity contribution < 1.29 is 17.9 Å². The topological polar surface area (TPSA) is 96.5 Å². The van der Waals surface area contributed by atoms with E-state index in [4.69, 9.17) is 4.74 Å². The van der Waals surface area contributed by atoms with E-state index in [2.05, 4.69) is 15.4 Å². The molecule has 0 aromatic heterocycles. The fraction of sp³-hybridized carbons (Fsp3) is 0.632. The van der Waals surface area contributed by atoms with Crippen molar-refractivity contribution in [3.8, 4) is 0 Å². The molecule has 0 radical (unpaired) electrons. The fourth-order valence-corrected chi connectivity index (χ4v) is 5.01. The molecule has 0 aliphatic carbocycles. The molecule has 0 atom stereocenters. The first-order valence-electron chi connectivity index (χ1n) is 9.19. The van der Waals surface area contributed by atoms with E-state index in [9.17, 15) is 13.2 Å². The molecule has 0 unspecified atom stereocenters. The number of rotatable bonds is 7. The van der Waals surface area contributed by atoms with Gasteiger partial charge in [0.2, 0.25) is 15.9 Å². The molecule has 1 aromatic rings. The lowest BCUT2D eigenvalue weighted by Crippen LogP contribution is -2.50. The Kier molecular flexibility index (Phi) is 8.90. The zero-order valence-electron chi connectivity index (χ0n) is 17.0. The van der Waals surface area contributed by atoms with E-state index in [-0.39, 0.29) is 29.8 Å². The molecule has 1 aromatic carbocycles. The highest BCUT2D eigenvalue weighted by molar-refractivity contribution is 7.89. The summed E-state index contributed by atoms with van der Waals surface area (Å²) in [6.45, 7) is 7.40. The van der Waals surface area contributed by atoms with Gasteiger partial charge in [-0.2, -0.15) is 0 Å². The Hall–Kier alpha value is -1.19. The summed E-state index contributed by atoms with van der Waals surface area (Å²) in [5, 5.41) is 6.18. The number of ether oxygens (including phenoxy) is 1. The van der Waals surface area contributed by atoms with Crippen LogP contribution in [0.5, 0.6) is 0 Å². The van der Waals surface area contributed by atoms with Gasteiger partial charge in [0.15, 0.2) is 0 Å². The van der Waals surface area contributed by atoms with Crippen molar-refractivity contribution in [2.75, 3.05) is 26.8 Å². The summed E-state index contributed by atoms with van der Waals surface area (Å²) in [7, 11) is -2.09. The molecule has 1 aliphatic heterocycles. The molecule has 3 N–H and O–H groups in total. The Bertz CT molecular complexity index is 751. The summed E-state index contributed by atoms with van der Waals surface area (Å²) in [6.07, 6.45) is 1.39. The predicted octanol–water partition coefficient (Wildman–Crippen LogP) is 1.82. The predicted molar refractivity (Wildman–Crippen MR) is 112 cm³/mol. The maximum atomic E-state index is 12.9.